The Labute approximate surface area is 125 Å². The molecule has 1 heterocycles. The van der Waals surface area contributed by atoms with Gasteiger partial charge in [-0.15, -0.1) is 0 Å². The maximum absolute atomic E-state index is 11.6. The highest BCUT2D eigenvalue weighted by Crippen LogP contribution is 2.35. The molecule has 1 aliphatic carbocycles. The molecule has 1 saturated carbocycles. The van der Waals surface area contributed by atoms with Crippen LogP contribution in [0.5, 0.6) is 0 Å². The lowest BCUT2D eigenvalue weighted by molar-refractivity contribution is 0.0907. The minimum atomic E-state index is -0.391. The van der Waals surface area contributed by atoms with Crippen LogP contribution in [0.15, 0.2) is 10.5 Å². The molecule has 1 fully saturated rings. The number of hydrogen-bond acceptors (Lipinski definition) is 5. The van der Waals surface area contributed by atoms with Crippen molar-refractivity contribution in [2.45, 2.75) is 39.3 Å². The van der Waals surface area contributed by atoms with Crippen LogP contribution in [0, 0.1) is 12.8 Å². The van der Waals surface area contributed by atoms with E-state index in [9.17, 15) is 4.79 Å². The van der Waals surface area contributed by atoms with E-state index in [1.54, 1.807) is 7.11 Å². The number of aryl methyl sites for hydroxylation is 1. The third-order valence-electron chi connectivity index (χ3n) is 4.13. The number of nitrogens with two attached hydrogens (primary N) is 1. The lowest BCUT2D eigenvalue weighted by atomic mass is 10.1. The van der Waals surface area contributed by atoms with Gasteiger partial charge in [-0.1, -0.05) is 0 Å². The summed E-state index contributed by atoms with van der Waals surface area (Å²) in [6, 6.07) is 2.40. The van der Waals surface area contributed by atoms with Crippen molar-refractivity contribution in [1.82, 2.24) is 10.3 Å². The highest BCUT2D eigenvalue weighted by molar-refractivity contribution is 5.92. The van der Waals surface area contributed by atoms with Gasteiger partial charge in [0.2, 0.25) is 0 Å². The summed E-state index contributed by atoms with van der Waals surface area (Å²) in [4.78, 5) is 13.9. The molecular formula is C15H25N3O3. The Balaban J connectivity index is 2.06. The van der Waals surface area contributed by atoms with Gasteiger partial charge < -0.3 is 9.15 Å². The molecule has 6 heteroatoms. The van der Waals surface area contributed by atoms with Crippen molar-refractivity contribution in [2.24, 2.45) is 11.8 Å². The van der Waals surface area contributed by atoms with Crippen LogP contribution in [0.3, 0.4) is 0 Å². The van der Waals surface area contributed by atoms with E-state index in [1.165, 1.54) is 12.8 Å². The number of carbonyl (C=O) groups is 1. The number of furan rings is 1. The highest BCUT2D eigenvalue weighted by atomic mass is 16.5. The Bertz CT molecular complexity index is 483. The fourth-order valence-electron chi connectivity index (χ4n) is 2.63. The predicted molar refractivity (Wildman–Crippen MR) is 79.6 cm³/mol. The van der Waals surface area contributed by atoms with E-state index in [2.05, 4.69) is 17.2 Å². The highest BCUT2D eigenvalue weighted by Gasteiger charge is 2.32. The van der Waals surface area contributed by atoms with Crippen molar-refractivity contribution >= 4 is 5.91 Å². The van der Waals surface area contributed by atoms with E-state index >= 15 is 0 Å². The zero-order valence-corrected chi connectivity index (χ0v) is 13.0. The van der Waals surface area contributed by atoms with Gasteiger partial charge in [-0.2, -0.15) is 0 Å². The summed E-state index contributed by atoms with van der Waals surface area (Å²) < 4.78 is 10.8. The molecule has 1 atom stereocenters. The zero-order valence-electron chi connectivity index (χ0n) is 13.0. The lowest BCUT2D eigenvalue weighted by Crippen LogP contribution is -2.36. The van der Waals surface area contributed by atoms with E-state index in [4.69, 9.17) is 15.0 Å². The fraction of sp³-hybridized carbons (Fsp3) is 0.667. The molecule has 0 bridgehead atoms. The number of methoxy groups -OCH3 is 1. The van der Waals surface area contributed by atoms with Crippen LogP contribution in [0.4, 0.5) is 0 Å². The number of nitrogen functional groups attached to an aromatic ring is 1. The molecule has 0 aliphatic heterocycles. The molecule has 2 rings (SSSR count). The van der Waals surface area contributed by atoms with Crippen LogP contribution in [-0.4, -0.2) is 37.1 Å². The van der Waals surface area contributed by atoms with Crippen LogP contribution in [0.25, 0.3) is 0 Å². The first-order valence-electron chi connectivity index (χ1n) is 7.40. The first-order valence-corrected chi connectivity index (χ1v) is 7.40. The SMILES string of the molecule is COCCN(Cc1cc(C)c(C(=O)NN)o1)C(C)C1CC1. The molecule has 1 aromatic rings. The van der Waals surface area contributed by atoms with Crippen molar-refractivity contribution in [3.05, 3.63) is 23.2 Å². The summed E-state index contributed by atoms with van der Waals surface area (Å²) in [7, 11) is 1.71. The second-order valence-electron chi connectivity index (χ2n) is 5.74. The number of nitrogens with one attached hydrogen (secondary N) is 1. The average molecular weight is 295 g/mol. The van der Waals surface area contributed by atoms with Crippen molar-refractivity contribution < 1.29 is 13.9 Å². The predicted octanol–water partition coefficient (Wildman–Crippen LogP) is 1.44. The monoisotopic (exact) mass is 295 g/mol. The number of rotatable bonds is 8. The zero-order chi connectivity index (χ0) is 15.4. The van der Waals surface area contributed by atoms with E-state index in [1.807, 2.05) is 13.0 Å². The van der Waals surface area contributed by atoms with Gasteiger partial charge in [0.15, 0.2) is 5.76 Å². The first-order chi connectivity index (χ1) is 10.1. The molecule has 118 valence electrons. The van der Waals surface area contributed by atoms with Gasteiger partial charge in [0, 0.05) is 25.3 Å². The minimum absolute atomic E-state index is 0.290. The Morgan fingerprint density at radius 3 is 2.90 bits per heavy atom. The van der Waals surface area contributed by atoms with E-state index < -0.39 is 5.91 Å². The Hall–Kier alpha value is -1.37. The molecule has 1 amide bonds. The van der Waals surface area contributed by atoms with Gasteiger partial charge in [0.25, 0.3) is 0 Å². The molecular weight excluding hydrogens is 270 g/mol. The summed E-state index contributed by atoms with van der Waals surface area (Å²) in [5, 5.41) is 0. The van der Waals surface area contributed by atoms with Crippen molar-refractivity contribution in [2.75, 3.05) is 20.3 Å². The van der Waals surface area contributed by atoms with Crippen LogP contribution in [0.1, 0.15) is 41.6 Å². The third-order valence-corrected chi connectivity index (χ3v) is 4.13. The van der Waals surface area contributed by atoms with Gasteiger partial charge in [-0.05, 0) is 38.7 Å². The largest absolute Gasteiger partial charge is 0.454 e. The quantitative estimate of drug-likeness (QED) is 0.431. The Morgan fingerprint density at radius 1 is 1.62 bits per heavy atom. The number of carbonyl (C=O) groups excluding carboxylic acids is 1. The molecule has 0 radical (unpaired) electrons. The summed E-state index contributed by atoms with van der Waals surface area (Å²) >= 11 is 0. The maximum atomic E-state index is 11.6. The van der Waals surface area contributed by atoms with E-state index in [0.717, 1.165) is 23.8 Å². The van der Waals surface area contributed by atoms with Crippen LogP contribution >= 0.6 is 0 Å². The van der Waals surface area contributed by atoms with E-state index in [-0.39, 0.29) is 0 Å². The summed E-state index contributed by atoms with van der Waals surface area (Å²) in [6.07, 6.45) is 2.59. The Kier molecular flexibility index (Phi) is 5.39. The Morgan fingerprint density at radius 2 is 2.33 bits per heavy atom. The normalized spacial score (nSPS) is 16.2. The maximum Gasteiger partial charge on any atom is 0.301 e. The van der Waals surface area contributed by atoms with Crippen LogP contribution < -0.4 is 11.3 Å². The molecule has 6 nitrogen and oxygen atoms in total. The van der Waals surface area contributed by atoms with Gasteiger partial charge in [-0.25, -0.2) is 5.84 Å². The molecule has 0 spiro atoms. The van der Waals surface area contributed by atoms with Crippen molar-refractivity contribution in [3.63, 3.8) is 0 Å². The summed E-state index contributed by atoms with van der Waals surface area (Å²) in [5.41, 5.74) is 2.91. The second-order valence-corrected chi connectivity index (χ2v) is 5.74. The number of hydrazine groups is 1. The van der Waals surface area contributed by atoms with Gasteiger partial charge in [-0.3, -0.25) is 15.1 Å². The average Bonchev–Trinajstić information content (AvgIpc) is 3.26. The van der Waals surface area contributed by atoms with Gasteiger partial charge >= 0.3 is 5.91 Å². The standard InChI is InChI=1S/C15H25N3O3/c1-10-8-13(21-14(10)15(19)17-16)9-18(6-7-20-3)11(2)12-4-5-12/h8,11-12H,4-7,9,16H2,1-3H3,(H,17,19). The molecule has 1 aliphatic rings. The molecule has 0 aromatic carbocycles. The molecule has 21 heavy (non-hydrogen) atoms. The summed E-state index contributed by atoms with van der Waals surface area (Å²) in [5.74, 6) is 6.61. The summed E-state index contributed by atoms with van der Waals surface area (Å²) in [6.45, 7) is 6.32. The molecule has 1 aromatic heterocycles. The van der Waals surface area contributed by atoms with Crippen molar-refractivity contribution in [1.29, 1.82) is 0 Å². The number of hydrogen-bond donors (Lipinski definition) is 2. The third kappa shape index (κ3) is 4.06. The topological polar surface area (TPSA) is 80.7 Å². The first kappa shape index (κ1) is 16.0. The van der Waals surface area contributed by atoms with Crippen LogP contribution in [0.2, 0.25) is 0 Å². The molecule has 3 N–H and O–H groups in total. The van der Waals surface area contributed by atoms with Crippen LogP contribution in [-0.2, 0) is 11.3 Å². The van der Waals surface area contributed by atoms with Crippen molar-refractivity contribution in [3.8, 4) is 0 Å². The fourth-order valence-corrected chi connectivity index (χ4v) is 2.63. The lowest BCUT2D eigenvalue weighted by Gasteiger charge is -2.28. The smallest absolute Gasteiger partial charge is 0.301 e. The number of ether oxygens (including phenoxy) is 1. The number of amides is 1. The second kappa shape index (κ2) is 7.06. The molecule has 1 unspecified atom stereocenters. The van der Waals surface area contributed by atoms with Gasteiger partial charge in [0.1, 0.15) is 5.76 Å². The minimum Gasteiger partial charge on any atom is -0.454 e. The number of nitrogens with zero attached hydrogens (tertiary/aromatic N) is 1. The van der Waals surface area contributed by atoms with E-state index in [0.29, 0.717) is 25.0 Å². The molecule has 0 saturated heterocycles. The van der Waals surface area contributed by atoms with Gasteiger partial charge in [0.05, 0.1) is 13.2 Å².